The predicted octanol–water partition coefficient (Wildman–Crippen LogP) is -19.6. The van der Waals surface area contributed by atoms with Gasteiger partial charge in [-0.2, -0.15) is 0 Å². The molecule has 0 unspecified atom stereocenters. The van der Waals surface area contributed by atoms with Gasteiger partial charge in [0.05, 0.1) is 23.9 Å². The monoisotopic (exact) mass is 672 g/mol. The van der Waals surface area contributed by atoms with Gasteiger partial charge in [-0.25, -0.2) is 19.2 Å². The van der Waals surface area contributed by atoms with Crippen molar-refractivity contribution in [2.24, 2.45) is 0 Å². The number of quaternary nitrogens is 4. The molecule has 0 rings (SSSR count). The molecule has 28 heteroatoms. The molecule has 0 saturated heterocycles. The Morgan fingerprint density at radius 2 is 0.477 bits per heavy atom. The van der Waals surface area contributed by atoms with Crippen LogP contribution in [0.15, 0.2) is 0 Å². The van der Waals surface area contributed by atoms with Crippen LogP contribution in [-0.4, -0.2) is 161 Å². The van der Waals surface area contributed by atoms with Gasteiger partial charge in [-0.1, -0.05) is 0 Å². The Bertz CT molecular complexity index is 666. The van der Waals surface area contributed by atoms with E-state index in [-0.39, 0.29) is 21.9 Å². The third kappa shape index (κ3) is 65.9. The molecule has 28 N–H and O–H groups in total. The lowest BCUT2D eigenvalue weighted by Gasteiger charge is -1.97. The van der Waals surface area contributed by atoms with E-state index in [0.29, 0.717) is 0 Å². The van der Waals surface area contributed by atoms with Gasteiger partial charge in [0.1, 0.15) is 26.4 Å². The molecule has 0 heterocycles. The fraction of sp³-hybridized carbons (Fsp3) is 0.500. The van der Waals surface area contributed by atoms with Crippen molar-refractivity contribution in [1.29, 1.82) is 0 Å². The summed E-state index contributed by atoms with van der Waals surface area (Å²) < 4.78 is 0. The smallest absolute Gasteiger partial charge is 0.364 e. The maximum absolute atomic E-state index is 9.71. The number of carbonyl (C=O) groups excluding carboxylic acids is 4. The second kappa shape index (κ2) is 42.7. The lowest BCUT2D eigenvalue weighted by Crippen LogP contribution is -2.66. The third-order valence-electron chi connectivity index (χ3n) is 2.61. The van der Waals surface area contributed by atoms with E-state index < -0.39 is 98.3 Å². The molecular formula is C16H40N4O24. The number of carbonyl (C=O) groups is 8. The van der Waals surface area contributed by atoms with Crippen LogP contribution in [0.3, 0.4) is 0 Å². The van der Waals surface area contributed by atoms with Crippen LogP contribution in [0.2, 0.25) is 0 Å². The summed E-state index contributed by atoms with van der Waals surface area (Å²) in [5.74, 6) is -13.0. The van der Waals surface area contributed by atoms with Crippen molar-refractivity contribution in [2.75, 3.05) is 26.4 Å². The molecule has 28 nitrogen and oxygen atoms in total. The second-order valence-corrected chi connectivity index (χ2v) is 6.02. The molecule has 0 aromatic heterocycles. The van der Waals surface area contributed by atoms with Gasteiger partial charge in [-0.05, 0) is 0 Å². The number of rotatable bonds is 8. The average molecular weight is 673 g/mol. The summed E-state index contributed by atoms with van der Waals surface area (Å²) in [6, 6.07) is -3.50. The molecule has 0 aliphatic heterocycles. The van der Waals surface area contributed by atoms with Gasteiger partial charge in [0.2, 0.25) is 24.2 Å². The Hall–Kier alpha value is -4.72. The van der Waals surface area contributed by atoms with E-state index in [1.165, 1.54) is 0 Å². The lowest BCUT2D eigenvalue weighted by atomic mass is 10.3. The molecule has 0 saturated carbocycles. The summed E-state index contributed by atoms with van der Waals surface area (Å²) in [5, 5.41) is 99.8. The van der Waals surface area contributed by atoms with E-state index in [0.717, 1.165) is 0 Å². The summed E-state index contributed by atoms with van der Waals surface area (Å²) in [7, 11) is 0. The molecule has 0 fully saturated rings. The van der Waals surface area contributed by atoms with Crippen molar-refractivity contribution in [2.45, 2.75) is 24.2 Å². The molecule has 0 bridgehead atoms. The minimum atomic E-state index is -2.19. The quantitative estimate of drug-likeness (QED) is 0.106. The van der Waals surface area contributed by atoms with E-state index in [4.69, 9.17) is 80.5 Å². The van der Waals surface area contributed by atoms with Gasteiger partial charge < -0.3 is 125 Å². The second-order valence-electron chi connectivity index (χ2n) is 6.02. The summed E-state index contributed by atoms with van der Waals surface area (Å²) in [5.41, 5.74) is 12.4. The number of carboxylic acids is 8. The predicted molar refractivity (Wildman–Crippen MR) is 120 cm³/mol. The highest BCUT2D eigenvalue weighted by Gasteiger charge is 2.13. The van der Waals surface area contributed by atoms with Gasteiger partial charge in [0.15, 0.2) is 0 Å². The first-order chi connectivity index (χ1) is 18.0. The Balaban J connectivity index is -0.0000000388. The van der Waals surface area contributed by atoms with E-state index in [1.54, 1.807) is 0 Å². The molecule has 44 heavy (non-hydrogen) atoms. The number of hydrogen-bond donors (Lipinski definition) is 12. The maximum atomic E-state index is 9.71. The normalized spacial score (nSPS) is 10.5. The molecule has 0 spiro atoms. The number of hydrogen-bond acceptors (Lipinski definition) is 16. The van der Waals surface area contributed by atoms with E-state index >= 15 is 0 Å². The minimum absolute atomic E-state index is 0. The van der Waals surface area contributed by atoms with E-state index in [9.17, 15) is 19.2 Å². The van der Waals surface area contributed by atoms with Crippen molar-refractivity contribution < 1.29 is 144 Å². The largest absolute Gasteiger partial charge is 0.543 e. The first-order valence-electron chi connectivity index (χ1n) is 9.53. The van der Waals surface area contributed by atoms with Crippen LogP contribution in [-0.2, 0) is 38.4 Å². The lowest BCUT2D eigenvalue weighted by molar-refractivity contribution is -0.412. The van der Waals surface area contributed by atoms with Gasteiger partial charge in [0, 0.05) is 0 Å². The molecule has 0 radical (unpaired) electrons. The first kappa shape index (κ1) is 67.1. The molecule has 0 aromatic rings. The highest BCUT2D eigenvalue weighted by Crippen LogP contribution is 1.69. The van der Waals surface area contributed by atoms with Crippen LogP contribution in [0.4, 0.5) is 0 Å². The Kier molecular flexibility index (Phi) is 65.2. The summed E-state index contributed by atoms with van der Waals surface area (Å²) in [6.07, 6.45) is 0. The Morgan fingerprint density at radius 3 is 0.477 bits per heavy atom. The fourth-order valence-corrected chi connectivity index (χ4v) is 0.312. The number of aliphatic carboxylic acids is 8. The Labute approximate surface area is 243 Å². The van der Waals surface area contributed by atoms with Gasteiger partial charge in [-0.15, -0.1) is 0 Å². The fourth-order valence-electron chi connectivity index (χ4n) is 0.312. The minimum Gasteiger partial charge on any atom is -0.543 e. The molecule has 268 valence electrons. The zero-order valence-corrected chi connectivity index (χ0v) is 22.4. The van der Waals surface area contributed by atoms with Gasteiger partial charge in [0.25, 0.3) is 0 Å². The first-order valence-corrected chi connectivity index (χ1v) is 9.53. The highest BCUT2D eigenvalue weighted by molar-refractivity contribution is 6.25. The van der Waals surface area contributed by atoms with Crippen LogP contribution in [0.1, 0.15) is 0 Å². The topological polar surface area (TPSA) is 627 Å². The SMILES string of the molecule is O.O.O.O.O=C([O-])C(=O)[O-].O=C([O-])C(=O)[O-].[NH3+][C@@H](CO)C(=O)O.[NH3+][C@@H](CO)C(=O)O.[NH3+][C@H](CO)C(=O)O.[NH3+][C@H](CO)C(=O)O. The molecule has 0 aliphatic rings. The van der Waals surface area contributed by atoms with Gasteiger partial charge in [-0.3, -0.25) is 0 Å². The molecular weight excluding hydrogens is 632 g/mol. The van der Waals surface area contributed by atoms with E-state index in [2.05, 4.69) is 22.9 Å². The number of aliphatic hydroxyl groups is 4. The highest BCUT2D eigenvalue weighted by atomic mass is 16.4. The van der Waals surface area contributed by atoms with Crippen molar-refractivity contribution in [1.82, 2.24) is 0 Å². The average Bonchev–Trinajstić information content (AvgIpc) is 2.87. The Morgan fingerprint density at radius 1 is 0.386 bits per heavy atom. The van der Waals surface area contributed by atoms with Crippen LogP contribution < -0.4 is 43.4 Å². The van der Waals surface area contributed by atoms with Crippen molar-refractivity contribution in [3.8, 4) is 0 Å². The van der Waals surface area contributed by atoms with Crippen LogP contribution >= 0.6 is 0 Å². The zero-order valence-electron chi connectivity index (χ0n) is 22.4. The van der Waals surface area contributed by atoms with Gasteiger partial charge >= 0.3 is 23.9 Å². The third-order valence-corrected chi connectivity index (χ3v) is 2.61. The molecule has 0 aliphatic carbocycles. The van der Waals surface area contributed by atoms with Crippen LogP contribution in [0.5, 0.6) is 0 Å². The van der Waals surface area contributed by atoms with Crippen molar-refractivity contribution in [3.05, 3.63) is 0 Å². The molecule has 4 atom stereocenters. The maximum Gasteiger partial charge on any atom is 0.364 e. The summed E-state index contributed by atoms with van der Waals surface area (Å²) in [4.78, 5) is 74.5. The van der Waals surface area contributed by atoms with Crippen molar-refractivity contribution >= 4 is 47.8 Å². The summed E-state index contributed by atoms with van der Waals surface area (Å²) in [6.45, 7) is -1.57. The number of aliphatic hydroxyl groups excluding tert-OH is 4. The zero-order chi connectivity index (χ0) is 33.8. The van der Waals surface area contributed by atoms with Crippen LogP contribution in [0.25, 0.3) is 0 Å². The molecule has 0 aromatic carbocycles. The summed E-state index contributed by atoms with van der Waals surface area (Å²) >= 11 is 0. The van der Waals surface area contributed by atoms with Crippen molar-refractivity contribution in [3.63, 3.8) is 0 Å². The number of carboxylic acid groups (broad SMARTS) is 8. The van der Waals surface area contributed by atoms with E-state index in [1.807, 2.05) is 0 Å². The standard InChI is InChI=1S/4C3H7NO3.2C2H2O4.4H2O/c4*4-2(1-5)3(6)7;2*3-1(4)2(5)6;;;;/h4*2,5H,1,4H2,(H,6,7);2*(H,3,4)(H,5,6);4*1H2/t4*2-;;;;;;/m1100....../s1. The molecule has 0 amide bonds. The van der Waals surface area contributed by atoms with Crippen LogP contribution in [0, 0.1) is 0 Å².